The van der Waals surface area contributed by atoms with Gasteiger partial charge in [0.1, 0.15) is 18.2 Å². The minimum Gasteiger partial charge on any atom is -0.492 e. The maximum Gasteiger partial charge on any atom is 0.306 e. The van der Waals surface area contributed by atoms with Crippen molar-refractivity contribution in [1.82, 2.24) is 5.32 Å². The Kier molecular flexibility index (Phi) is 5.35. The van der Waals surface area contributed by atoms with E-state index in [4.69, 9.17) is 9.84 Å². The fraction of sp³-hybridized carbons (Fsp3) is 0.533. The lowest BCUT2D eigenvalue weighted by Gasteiger charge is -2.26. The highest BCUT2D eigenvalue weighted by molar-refractivity contribution is 5.70. The first-order chi connectivity index (χ1) is 9.65. The molecule has 1 fully saturated rings. The van der Waals surface area contributed by atoms with Gasteiger partial charge in [0.25, 0.3) is 0 Å². The fourth-order valence-corrected chi connectivity index (χ4v) is 2.51. The van der Waals surface area contributed by atoms with Crippen molar-refractivity contribution in [3.8, 4) is 5.75 Å². The van der Waals surface area contributed by atoms with E-state index in [2.05, 4.69) is 5.32 Å². The van der Waals surface area contributed by atoms with E-state index < -0.39 is 5.97 Å². The molecule has 1 saturated carbocycles. The van der Waals surface area contributed by atoms with E-state index in [0.717, 1.165) is 25.7 Å². The molecule has 0 bridgehead atoms. The van der Waals surface area contributed by atoms with Crippen LogP contribution >= 0.6 is 0 Å². The topological polar surface area (TPSA) is 58.6 Å². The van der Waals surface area contributed by atoms with Crippen LogP contribution in [0.25, 0.3) is 0 Å². The van der Waals surface area contributed by atoms with Crippen LogP contribution in [-0.4, -0.2) is 30.3 Å². The second-order valence-electron chi connectivity index (χ2n) is 5.14. The Labute approximate surface area is 117 Å². The molecule has 1 aliphatic rings. The highest BCUT2D eigenvalue weighted by Gasteiger charge is 2.25. The molecule has 0 atom stereocenters. The highest BCUT2D eigenvalue weighted by Crippen LogP contribution is 2.24. The van der Waals surface area contributed by atoms with E-state index in [1.807, 2.05) is 0 Å². The van der Waals surface area contributed by atoms with Gasteiger partial charge in [-0.1, -0.05) is 0 Å². The number of carbonyl (C=O) groups is 1. The molecule has 0 unspecified atom stereocenters. The average molecular weight is 281 g/mol. The Balaban J connectivity index is 1.60. The van der Waals surface area contributed by atoms with E-state index in [1.165, 1.54) is 12.1 Å². The number of nitrogens with one attached hydrogen (secondary N) is 1. The second kappa shape index (κ2) is 7.24. The minimum atomic E-state index is -0.678. The predicted molar refractivity (Wildman–Crippen MR) is 73.3 cm³/mol. The summed E-state index contributed by atoms with van der Waals surface area (Å²) >= 11 is 0. The first kappa shape index (κ1) is 14.8. The Morgan fingerprint density at radius 1 is 1.25 bits per heavy atom. The number of rotatable bonds is 6. The Hall–Kier alpha value is -1.62. The van der Waals surface area contributed by atoms with E-state index in [0.29, 0.717) is 24.9 Å². The van der Waals surface area contributed by atoms with Gasteiger partial charge in [-0.2, -0.15) is 0 Å². The summed E-state index contributed by atoms with van der Waals surface area (Å²) in [5.74, 6) is -0.472. The summed E-state index contributed by atoms with van der Waals surface area (Å²) < 4.78 is 18.2. The molecule has 1 aliphatic carbocycles. The molecule has 0 aromatic heterocycles. The predicted octanol–water partition coefficient (Wildman–Crippen LogP) is 2.44. The van der Waals surface area contributed by atoms with Crippen LogP contribution < -0.4 is 10.1 Å². The molecule has 0 radical (unpaired) electrons. The van der Waals surface area contributed by atoms with Crippen LogP contribution in [0.5, 0.6) is 5.75 Å². The van der Waals surface area contributed by atoms with Gasteiger partial charge in [-0.15, -0.1) is 0 Å². The van der Waals surface area contributed by atoms with Crippen molar-refractivity contribution < 1.29 is 19.0 Å². The lowest BCUT2D eigenvalue weighted by molar-refractivity contribution is -0.142. The summed E-state index contributed by atoms with van der Waals surface area (Å²) in [5.41, 5.74) is 0. The van der Waals surface area contributed by atoms with Crippen molar-refractivity contribution in [2.75, 3.05) is 13.2 Å². The average Bonchev–Trinajstić information content (AvgIpc) is 2.46. The monoisotopic (exact) mass is 281 g/mol. The molecule has 20 heavy (non-hydrogen) atoms. The lowest BCUT2D eigenvalue weighted by atomic mass is 9.86. The number of hydrogen-bond donors (Lipinski definition) is 2. The SMILES string of the molecule is O=C(O)C1CCC(NCCOc2ccc(F)cc2)CC1. The van der Waals surface area contributed by atoms with Crippen molar-refractivity contribution in [3.63, 3.8) is 0 Å². The molecule has 0 spiro atoms. The Morgan fingerprint density at radius 2 is 1.90 bits per heavy atom. The van der Waals surface area contributed by atoms with E-state index in [-0.39, 0.29) is 11.7 Å². The third-order valence-corrected chi connectivity index (χ3v) is 3.69. The van der Waals surface area contributed by atoms with Crippen LogP contribution in [0.3, 0.4) is 0 Å². The zero-order valence-corrected chi connectivity index (χ0v) is 11.3. The van der Waals surface area contributed by atoms with Crippen molar-refractivity contribution in [1.29, 1.82) is 0 Å². The van der Waals surface area contributed by atoms with Crippen molar-refractivity contribution in [2.24, 2.45) is 5.92 Å². The molecule has 4 nitrogen and oxygen atoms in total. The first-order valence-electron chi connectivity index (χ1n) is 6.99. The zero-order chi connectivity index (χ0) is 14.4. The molecule has 2 rings (SSSR count). The van der Waals surface area contributed by atoms with Crippen LogP contribution in [-0.2, 0) is 4.79 Å². The molecule has 1 aromatic rings. The fourth-order valence-electron chi connectivity index (χ4n) is 2.51. The van der Waals surface area contributed by atoms with Crippen LogP contribution in [0.15, 0.2) is 24.3 Å². The van der Waals surface area contributed by atoms with Gasteiger partial charge in [-0.25, -0.2) is 4.39 Å². The molecule has 0 saturated heterocycles. The molecule has 0 aliphatic heterocycles. The van der Waals surface area contributed by atoms with Crippen LogP contribution in [0.4, 0.5) is 4.39 Å². The van der Waals surface area contributed by atoms with Gasteiger partial charge in [0.05, 0.1) is 5.92 Å². The van der Waals surface area contributed by atoms with Crippen molar-refractivity contribution >= 4 is 5.97 Å². The van der Waals surface area contributed by atoms with Gasteiger partial charge < -0.3 is 15.2 Å². The number of halogens is 1. The Bertz CT molecular complexity index is 427. The number of carboxylic acids is 1. The summed E-state index contributed by atoms with van der Waals surface area (Å²) in [4.78, 5) is 10.8. The largest absolute Gasteiger partial charge is 0.492 e. The summed E-state index contributed by atoms with van der Waals surface area (Å²) in [6, 6.07) is 6.33. The second-order valence-corrected chi connectivity index (χ2v) is 5.14. The van der Waals surface area contributed by atoms with Gasteiger partial charge in [0.15, 0.2) is 0 Å². The van der Waals surface area contributed by atoms with Crippen LogP contribution in [0.1, 0.15) is 25.7 Å². The number of aliphatic carboxylic acids is 1. The van der Waals surface area contributed by atoms with Crippen molar-refractivity contribution in [2.45, 2.75) is 31.7 Å². The maximum absolute atomic E-state index is 12.7. The smallest absolute Gasteiger partial charge is 0.306 e. The standard InChI is InChI=1S/C15H20FNO3/c16-12-3-7-14(8-4-12)20-10-9-17-13-5-1-11(2-6-13)15(18)19/h3-4,7-8,11,13,17H,1-2,5-6,9-10H2,(H,18,19). The molecule has 110 valence electrons. The van der Waals surface area contributed by atoms with E-state index in [1.54, 1.807) is 12.1 Å². The third kappa shape index (κ3) is 4.49. The van der Waals surface area contributed by atoms with Gasteiger partial charge in [-0.3, -0.25) is 4.79 Å². The highest BCUT2D eigenvalue weighted by atomic mass is 19.1. The number of ether oxygens (including phenoxy) is 1. The van der Waals surface area contributed by atoms with E-state index >= 15 is 0 Å². The number of hydrogen-bond acceptors (Lipinski definition) is 3. The van der Waals surface area contributed by atoms with Gasteiger partial charge in [0, 0.05) is 12.6 Å². The quantitative estimate of drug-likeness (QED) is 0.786. The number of carboxylic acid groups (broad SMARTS) is 1. The summed E-state index contributed by atoms with van der Waals surface area (Å²) in [5, 5.41) is 12.3. The summed E-state index contributed by atoms with van der Waals surface area (Å²) in [6.45, 7) is 1.23. The lowest BCUT2D eigenvalue weighted by Crippen LogP contribution is -2.37. The molecule has 2 N–H and O–H groups in total. The molecular weight excluding hydrogens is 261 g/mol. The van der Waals surface area contributed by atoms with Crippen LogP contribution in [0, 0.1) is 11.7 Å². The molecule has 1 aromatic carbocycles. The normalized spacial score (nSPS) is 22.4. The summed E-state index contributed by atoms with van der Waals surface area (Å²) in [7, 11) is 0. The summed E-state index contributed by atoms with van der Waals surface area (Å²) in [6.07, 6.45) is 3.28. The number of benzene rings is 1. The van der Waals surface area contributed by atoms with Gasteiger partial charge in [0.2, 0.25) is 0 Å². The van der Waals surface area contributed by atoms with Gasteiger partial charge >= 0.3 is 5.97 Å². The van der Waals surface area contributed by atoms with Gasteiger partial charge in [-0.05, 0) is 49.9 Å². The molecule has 0 heterocycles. The van der Waals surface area contributed by atoms with Crippen molar-refractivity contribution in [3.05, 3.63) is 30.1 Å². The zero-order valence-electron chi connectivity index (χ0n) is 11.3. The minimum absolute atomic E-state index is 0.177. The molecular formula is C15H20FNO3. The first-order valence-corrected chi connectivity index (χ1v) is 6.99. The molecule has 5 heteroatoms. The maximum atomic E-state index is 12.7. The third-order valence-electron chi connectivity index (χ3n) is 3.69. The Morgan fingerprint density at radius 3 is 2.50 bits per heavy atom. The molecule has 0 amide bonds. The van der Waals surface area contributed by atoms with Crippen LogP contribution in [0.2, 0.25) is 0 Å². The van der Waals surface area contributed by atoms with E-state index in [9.17, 15) is 9.18 Å².